The molecule has 0 aromatic heterocycles. The van der Waals surface area contributed by atoms with Gasteiger partial charge in [-0.25, -0.2) is 17.2 Å². The molecule has 5 nitrogen and oxygen atoms in total. The lowest BCUT2D eigenvalue weighted by atomic mass is 9.95. The molecule has 0 saturated carbocycles. The molecule has 0 atom stereocenters. The lowest BCUT2D eigenvalue weighted by molar-refractivity contribution is 0.180. The molecule has 1 aliphatic heterocycles. The van der Waals surface area contributed by atoms with Gasteiger partial charge >= 0.3 is 0 Å². The number of nitrogens with zero attached hydrogens (tertiary/aromatic N) is 2. The maximum Gasteiger partial charge on any atom is 0.243 e. The van der Waals surface area contributed by atoms with E-state index in [-0.39, 0.29) is 23.7 Å². The van der Waals surface area contributed by atoms with Crippen LogP contribution in [0, 0.1) is 18.6 Å². The molecule has 1 saturated heterocycles. The van der Waals surface area contributed by atoms with Crippen LogP contribution >= 0.6 is 0 Å². The molecule has 0 spiro atoms. The summed E-state index contributed by atoms with van der Waals surface area (Å²) in [5.74, 6) is -1.68. The molecule has 8 heteroatoms. The number of benzene rings is 2. The fourth-order valence-corrected chi connectivity index (χ4v) is 5.10. The number of rotatable bonds is 5. The average Bonchev–Trinajstić information content (AvgIpc) is 2.66. The lowest BCUT2D eigenvalue weighted by Gasteiger charge is -2.34. The van der Waals surface area contributed by atoms with Crippen LogP contribution in [-0.4, -0.2) is 48.9 Å². The van der Waals surface area contributed by atoms with E-state index in [2.05, 4.69) is 18.7 Å². The van der Waals surface area contributed by atoms with E-state index in [1.165, 1.54) is 9.87 Å². The van der Waals surface area contributed by atoms with Crippen LogP contribution < -0.4 is 0 Å². The van der Waals surface area contributed by atoms with Crippen LogP contribution in [-0.2, 0) is 16.6 Å². The van der Waals surface area contributed by atoms with Crippen LogP contribution in [0.2, 0.25) is 0 Å². The van der Waals surface area contributed by atoms with E-state index in [1.54, 1.807) is 6.07 Å². The monoisotopic (exact) mass is 424 g/mol. The Labute approximate surface area is 170 Å². The van der Waals surface area contributed by atoms with Gasteiger partial charge in [0.1, 0.15) is 5.75 Å². The van der Waals surface area contributed by atoms with Gasteiger partial charge in [-0.05, 0) is 48.2 Å². The first-order valence-corrected chi connectivity index (χ1v) is 11.0. The zero-order valence-electron chi connectivity index (χ0n) is 16.8. The average molecular weight is 425 g/mol. The van der Waals surface area contributed by atoms with E-state index in [9.17, 15) is 22.3 Å². The minimum atomic E-state index is -3.88. The molecular formula is C21H26F2N2O3S. The van der Waals surface area contributed by atoms with Crippen molar-refractivity contribution in [3.8, 4) is 5.75 Å². The Bertz CT molecular complexity index is 1000. The molecular weight excluding hydrogens is 398 g/mol. The Hall–Kier alpha value is -2.03. The van der Waals surface area contributed by atoms with Crippen molar-refractivity contribution in [2.75, 3.05) is 26.2 Å². The maximum atomic E-state index is 13.4. The van der Waals surface area contributed by atoms with Gasteiger partial charge in [0, 0.05) is 38.3 Å². The summed E-state index contributed by atoms with van der Waals surface area (Å²) in [6.07, 6.45) is 0. The number of hydrogen-bond acceptors (Lipinski definition) is 4. The van der Waals surface area contributed by atoms with Crippen LogP contribution in [0.1, 0.15) is 36.5 Å². The molecule has 0 amide bonds. The van der Waals surface area contributed by atoms with Crippen molar-refractivity contribution in [3.63, 3.8) is 0 Å². The van der Waals surface area contributed by atoms with E-state index >= 15 is 0 Å². The van der Waals surface area contributed by atoms with Gasteiger partial charge in [-0.15, -0.1) is 0 Å². The molecule has 0 bridgehead atoms. The Morgan fingerprint density at radius 1 is 1.03 bits per heavy atom. The topological polar surface area (TPSA) is 60.9 Å². The van der Waals surface area contributed by atoms with Gasteiger partial charge in [0.2, 0.25) is 10.0 Å². The van der Waals surface area contributed by atoms with Crippen LogP contribution in [0.3, 0.4) is 0 Å². The Balaban J connectivity index is 1.69. The van der Waals surface area contributed by atoms with Crippen LogP contribution in [0.15, 0.2) is 35.2 Å². The highest BCUT2D eigenvalue weighted by Gasteiger charge is 2.29. The fourth-order valence-electron chi connectivity index (χ4n) is 3.66. The molecule has 3 rings (SSSR count). The summed E-state index contributed by atoms with van der Waals surface area (Å²) >= 11 is 0. The smallest absolute Gasteiger partial charge is 0.243 e. The number of aromatic hydroxyl groups is 1. The predicted octanol–water partition coefficient (Wildman–Crippen LogP) is 3.61. The van der Waals surface area contributed by atoms with Crippen molar-refractivity contribution in [1.82, 2.24) is 9.21 Å². The summed E-state index contributed by atoms with van der Waals surface area (Å²) in [7, 11) is -3.88. The first-order chi connectivity index (χ1) is 13.6. The number of phenols is 1. The fraction of sp³-hybridized carbons (Fsp3) is 0.429. The second kappa shape index (κ2) is 8.38. The molecule has 1 heterocycles. The number of sulfonamides is 1. The number of piperazine rings is 1. The highest BCUT2D eigenvalue weighted by molar-refractivity contribution is 7.89. The van der Waals surface area contributed by atoms with Gasteiger partial charge in [0.25, 0.3) is 0 Å². The van der Waals surface area contributed by atoms with Gasteiger partial charge in [0.05, 0.1) is 4.90 Å². The summed E-state index contributed by atoms with van der Waals surface area (Å²) in [4.78, 5) is 1.83. The van der Waals surface area contributed by atoms with Crippen molar-refractivity contribution < 1.29 is 22.3 Å². The highest BCUT2D eigenvalue weighted by atomic mass is 32.2. The minimum absolute atomic E-state index is 0.240. The van der Waals surface area contributed by atoms with Crippen molar-refractivity contribution in [1.29, 1.82) is 0 Å². The van der Waals surface area contributed by atoms with Gasteiger partial charge in [-0.3, -0.25) is 4.90 Å². The summed E-state index contributed by atoms with van der Waals surface area (Å²) in [6, 6.07) is 6.41. The minimum Gasteiger partial charge on any atom is -0.508 e. The largest absolute Gasteiger partial charge is 0.508 e. The molecule has 0 radical (unpaired) electrons. The van der Waals surface area contributed by atoms with Crippen molar-refractivity contribution >= 4 is 10.0 Å². The highest BCUT2D eigenvalue weighted by Crippen LogP contribution is 2.29. The van der Waals surface area contributed by atoms with E-state index < -0.39 is 21.7 Å². The lowest BCUT2D eigenvalue weighted by Crippen LogP contribution is -2.48. The van der Waals surface area contributed by atoms with E-state index in [0.29, 0.717) is 25.6 Å². The number of hydrogen-bond donors (Lipinski definition) is 1. The van der Waals surface area contributed by atoms with Gasteiger partial charge < -0.3 is 5.11 Å². The van der Waals surface area contributed by atoms with Crippen molar-refractivity contribution in [2.24, 2.45) is 0 Å². The summed E-state index contributed by atoms with van der Waals surface area (Å²) in [6.45, 7) is 8.14. The first kappa shape index (κ1) is 21.7. The molecule has 158 valence electrons. The standard InChI is InChI=1S/C21H26F2N2O3S/c1-14(2)18-11-16(21(26)10-15(18)3)13-24-6-8-25(9-7-24)29(27,28)17-4-5-19(22)20(23)12-17/h4-5,10-12,14,26H,6-9,13H2,1-3H3. The quantitative estimate of drug-likeness (QED) is 0.797. The number of phenolic OH excluding ortho intramolecular Hbond substituents is 1. The molecule has 0 aliphatic carbocycles. The van der Waals surface area contributed by atoms with Gasteiger partial charge in [0.15, 0.2) is 11.6 Å². The zero-order chi connectivity index (χ0) is 21.3. The zero-order valence-corrected chi connectivity index (χ0v) is 17.6. The first-order valence-electron chi connectivity index (χ1n) is 9.59. The number of aryl methyl sites for hydroxylation is 1. The second-order valence-electron chi connectivity index (χ2n) is 7.75. The van der Waals surface area contributed by atoms with Gasteiger partial charge in [-0.1, -0.05) is 19.9 Å². The number of halogens is 2. The molecule has 0 unspecified atom stereocenters. The second-order valence-corrected chi connectivity index (χ2v) is 9.69. The normalized spacial score (nSPS) is 16.5. The third kappa shape index (κ3) is 4.60. The van der Waals surface area contributed by atoms with E-state index in [1.807, 2.05) is 13.0 Å². The van der Waals surface area contributed by atoms with E-state index in [0.717, 1.165) is 29.3 Å². The Kier molecular flexibility index (Phi) is 6.26. The maximum absolute atomic E-state index is 13.4. The third-order valence-electron chi connectivity index (χ3n) is 5.34. The van der Waals surface area contributed by atoms with Crippen molar-refractivity contribution in [3.05, 3.63) is 58.7 Å². The Morgan fingerprint density at radius 2 is 1.69 bits per heavy atom. The molecule has 29 heavy (non-hydrogen) atoms. The molecule has 1 fully saturated rings. The Morgan fingerprint density at radius 3 is 2.28 bits per heavy atom. The van der Waals surface area contributed by atoms with E-state index in [4.69, 9.17) is 0 Å². The predicted molar refractivity (Wildman–Crippen MR) is 107 cm³/mol. The van der Waals surface area contributed by atoms with Crippen LogP contribution in [0.4, 0.5) is 8.78 Å². The van der Waals surface area contributed by atoms with Crippen LogP contribution in [0.5, 0.6) is 5.75 Å². The van der Waals surface area contributed by atoms with Gasteiger partial charge in [-0.2, -0.15) is 4.31 Å². The van der Waals surface area contributed by atoms with Crippen molar-refractivity contribution in [2.45, 2.75) is 38.1 Å². The molecule has 1 N–H and O–H groups in total. The molecule has 1 aliphatic rings. The summed E-state index contributed by atoms with van der Waals surface area (Å²) < 4.78 is 53.3. The van der Waals surface area contributed by atoms with Crippen LogP contribution in [0.25, 0.3) is 0 Å². The SMILES string of the molecule is Cc1cc(O)c(CN2CCN(S(=O)(=O)c3ccc(F)c(F)c3)CC2)cc1C(C)C. The summed E-state index contributed by atoms with van der Waals surface area (Å²) in [5.41, 5.74) is 3.04. The third-order valence-corrected chi connectivity index (χ3v) is 7.24. The molecule has 2 aromatic carbocycles. The molecule has 2 aromatic rings. The summed E-state index contributed by atoms with van der Waals surface area (Å²) in [5, 5.41) is 10.3.